The van der Waals surface area contributed by atoms with Gasteiger partial charge in [0.1, 0.15) is 11.8 Å². The number of carbonyl (C=O) groups is 1. The highest BCUT2D eigenvalue weighted by Gasteiger charge is 2.53. The van der Waals surface area contributed by atoms with Crippen LogP contribution in [-0.4, -0.2) is 17.4 Å². The summed E-state index contributed by atoms with van der Waals surface area (Å²) in [6.45, 7) is -0.0235. The summed E-state index contributed by atoms with van der Waals surface area (Å²) in [5, 5.41) is 11.1. The Labute approximate surface area is 158 Å². The van der Waals surface area contributed by atoms with Crippen LogP contribution in [0.4, 0.5) is 8.78 Å². The number of amides is 1. The molecule has 0 spiro atoms. The molecule has 0 bridgehead atoms. The SMILES string of the molecule is N#C/C(N)=C/C=C(\N)CNC(=O)C1(c2cc3c(F)c(F)ccc3[nH]c2=O)CC1. The van der Waals surface area contributed by atoms with Crippen molar-refractivity contribution in [2.75, 3.05) is 6.54 Å². The molecular weight excluding hydrogens is 368 g/mol. The van der Waals surface area contributed by atoms with Crippen LogP contribution >= 0.6 is 0 Å². The molecule has 1 aliphatic rings. The molecule has 1 amide bonds. The predicted molar refractivity (Wildman–Crippen MR) is 98.6 cm³/mol. The number of H-pyrrole nitrogens is 1. The number of aromatic nitrogens is 1. The van der Waals surface area contributed by atoms with Crippen LogP contribution in [0.2, 0.25) is 0 Å². The van der Waals surface area contributed by atoms with Gasteiger partial charge in [-0.2, -0.15) is 5.26 Å². The van der Waals surface area contributed by atoms with Crippen LogP contribution in [0.25, 0.3) is 10.9 Å². The Balaban J connectivity index is 1.86. The van der Waals surface area contributed by atoms with Gasteiger partial charge in [0.15, 0.2) is 11.6 Å². The highest BCUT2D eigenvalue weighted by Crippen LogP contribution is 2.47. The van der Waals surface area contributed by atoms with Crippen molar-refractivity contribution in [3.63, 3.8) is 0 Å². The first-order valence-electron chi connectivity index (χ1n) is 8.40. The molecule has 1 aromatic heterocycles. The van der Waals surface area contributed by atoms with E-state index in [2.05, 4.69) is 10.3 Å². The van der Waals surface area contributed by atoms with Gasteiger partial charge in [0.05, 0.1) is 17.5 Å². The number of hydrogen-bond donors (Lipinski definition) is 4. The van der Waals surface area contributed by atoms with E-state index in [0.29, 0.717) is 12.8 Å². The molecule has 0 atom stereocenters. The standard InChI is InChI=1S/C19H17F2N5O2/c20-14-3-4-15-12(16(14)21)7-13(17(27)26-15)19(5-6-19)18(28)25-9-11(24)2-1-10(23)8-22/h1-4,7H,5-6,9,23-24H2,(H,25,28)(H,26,27)/b10-1-,11-2-. The Morgan fingerprint density at radius 1 is 1.32 bits per heavy atom. The summed E-state index contributed by atoms with van der Waals surface area (Å²) in [5.41, 5.74) is 9.89. The number of fused-ring (bicyclic) bond motifs is 1. The number of rotatable bonds is 5. The first-order chi connectivity index (χ1) is 13.3. The van der Waals surface area contributed by atoms with Gasteiger partial charge in [-0.15, -0.1) is 0 Å². The lowest BCUT2D eigenvalue weighted by molar-refractivity contribution is -0.123. The van der Waals surface area contributed by atoms with E-state index in [0.717, 1.165) is 6.07 Å². The molecule has 1 aromatic carbocycles. The van der Waals surface area contributed by atoms with Crippen molar-refractivity contribution in [2.45, 2.75) is 18.3 Å². The first kappa shape index (κ1) is 19.1. The topological polar surface area (TPSA) is 138 Å². The van der Waals surface area contributed by atoms with Gasteiger partial charge in [-0.1, -0.05) is 0 Å². The molecule has 0 saturated heterocycles. The molecule has 1 heterocycles. The van der Waals surface area contributed by atoms with E-state index in [-0.39, 0.29) is 34.4 Å². The van der Waals surface area contributed by atoms with E-state index in [4.69, 9.17) is 16.7 Å². The summed E-state index contributed by atoms with van der Waals surface area (Å²) in [6, 6.07) is 5.15. The number of benzene rings is 1. The number of hydrogen-bond acceptors (Lipinski definition) is 5. The van der Waals surface area contributed by atoms with E-state index in [1.165, 1.54) is 24.3 Å². The molecule has 0 unspecified atom stereocenters. The van der Waals surface area contributed by atoms with Crippen LogP contribution < -0.4 is 22.3 Å². The second-order valence-corrected chi connectivity index (χ2v) is 6.57. The average Bonchev–Trinajstić information content (AvgIpc) is 3.48. The molecular formula is C19H17F2N5O2. The maximum absolute atomic E-state index is 14.1. The monoisotopic (exact) mass is 385 g/mol. The number of nitrogens with two attached hydrogens (primary N) is 2. The lowest BCUT2D eigenvalue weighted by Gasteiger charge is -2.16. The second kappa shape index (κ2) is 7.15. The third-order valence-electron chi connectivity index (χ3n) is 4.67. The average molecular weight is 385 g/mol. The van der Waals surface area contributed by atoms with E-state index < -0.39 is 28.5 Å². The quantitative estimate of drug-likeness (QED) is 0.452. The second-order valence-electron chi connectivity index (χ2n) is 6.57. The van der Waals surface area contributed by atoms with Crippen molar-refractivity contribution < 1.29 is 13.6 Å². The summed E-state index contributed by atoms with van der Waals surface area (Å²) in [4.78, 5) is 27.6. The van der Waals surface area contributed by atoms with Gasteiger partial charge in [0.25, 0.3) is 5.56 Å². The molecule has 0 radical (unpaired) electrons. The lowest BCUT2D eigenvalue weighted by Crippen LogP contribution is -2.39. The fourth-order valence-electron chi connectivity index (χ4n) is 2.96. The van der Waals surface area contributed by atoms with Gasteiger partial charge in [-0.3, -0.25) is 9.59 Å². The van der Waals surface area contributed by atoms with Crippen LogP contribution in [0.3, 0.4) is 0 Å². The number of nitrogens with one attached hydrogen (secondary N) is 2. The summed E-state index contributed by atoms with van der Waals surface area (Å²) < 4.78 is 27.6. The third kappa shape index (κ3) is 3.44. The Morgan fingerprint density at radius 3 is 2.68 bits per heavy atom. The van der Waals surface area contributed by atoms with E-state index in [1.54, 1.807) is 6.07 Å². The lowest BCUT2D eigenvalue weighted by atomic mass is 9.94. The van der Waals surface area contributed by atoms with Gasteiger partial charge in [0, 0.05) is 16.6 Å². The summed E-state index contributed by atoms with van der Waals surface area (Å²) in [6.07, 6.45) is 3.49. The predicted octanol–water partition coefficient (Wildman–Crippen LogP) is 1.16. The summed E-state index contributed by atoms with van der Waals surface area (Å²) in [7, 11) is 0. The number of allylic oxidation sites excluding steroid dienone is 3. The molecule has 9 heteroatoms. The number of nitrogens with zero attached hydrogens (tertiary/aromatic N) is 1. The number of pyridine rings is 1. The van der Waals surface area contributed by atoms with Crippen molar-refractivity contribution >= 4 is 16.8 Å². The van der Waals surface area contributed by atoms with E-state index >= 15 is 0 Å². The molecule has 3 rings (SSSR count). The van der Waals surface area contributed by atoms with Gasteiger partial charge >= 0.3 is 0 Å². The maximum Gasteiger partial charge on any atom is 0.252 e. The van der Waals surface area contributed by atoms with Crippen molar-refractivity contribution in [3.8, 4) is 6.07 Å². The van der Waals surface area contributed by atoms with Crippen molar-refractivity contribution in [1.82, 2.24) is 10.3 Å². The van der Waals surface area contributed by atoms with Crippen LogP contribution in [0.15, 0.2) is 46.5 Å². The van der Waals surface area contributed by atoms with E-state index in [1.807, 2.05) is 0 Å². The minimum Gasteiger partial charge on any atom is -0.401 e. The maximum atomic E-state index is 14.1. The highest BCUT2D eigenvalue weighted by atomic mass is 19.2. The third-order valence-corrected chi connectivity index (χ3v) is 4.67. The molecule has 7 nitrogen and oxygen atoms in total. The Morgan fingerprint density at radius 2 is 2.04 bits per heavy atom. The summed E-state index contributed by atoms with van der Waals surface area (Å²) in [5.74, 6) is -2.56. The minimum absolute atomic E-state index is 0.0235. The fraction of sp³-hybridized carbons (Fsp3) is 0.211. The molecule has 1 fully saturated rings. The van der Waals surface area contributed by atoms with Crippen molar-refractivity contribution in [1.29, 1.82) is 5.26 Å². The highest BCUT2D eigenvalue weighted by molar-refractivity contribution is 5.92. The number of carbonyl (C=O) groups excluding carboxylic acids is 1. The number of halogens is 2. The molecule has 28 heavy (non-hydrogen) atoms. The molecule has 1 saturated carbocycles. The van der Waals surface area contributed by atoms with Gasteiger partial charge in [-0.25, -0.2) is 8.78 Å². The minimum atomic E-state index is -1.11. The van der Waals surface area contributed by atoms with Gasteiger partial charge < -0.3 is 21.8 Å². The van der Waals surface area contributed by atoms with Crippen LogP contribution in [0, 0.1) is 23.0 Å². The first-order valence-corrected chi connectivity index (χ1v) is 8.40. The zero-order valence-corrected chi connectivity index (χ0v) is 14.7. The molecule has 2 aromatic rings. The van der Waals surface area contributed by atoms with Crippen LogP contribution in [-0.2, 0) is 10.2 Å². The molecule has 0 aliphatic heterocycles. The van der Waals surface area contributed by atoms with E-state index in [9.17, 15) is 18.4 Å². The van der Waals surface area contributed by atoms with Gasteiger partial charge in [-0.05, 0) is 43.2 Å². The fourth-order valence-corrected chi connectivity index (χ4v) is 2.96. The van der Waals surface area contributed by atoms with Gasteiger partial charge in [0.2, 0.25) is 5.91 Å². The smallest absolute Gasteiger partial charge is 0.252 e. The van der Waals surface area contributed by atoms with Crippen molar-refractivity contribution in [2.24, 2.45) is 11.5 Å². The number of nitriles is 1. The molecule has 6 N–H and O–H groups in total. The van der Waals surface area contributed by atoms with Crippen LogP contribution in [0.5, 0.6) is 0 Å². The zero-order chi connectivity index (χ0) is 20.5. The van der Waals surface area contributed by atoms with Crippen molar-refractivity contribution in [3.05, 3.63) is 69.3 Å². The Bertz CT molecular complexity index is 1120. The molecule has 1 aliphatic carbocycles. The summed E-state index contributed by atoms with van der Waals surface area (Å²) >= 11 is 0. The Hall–Kier alpha value is -3.67. The zero-order valence-electron chi connectivity index (χ0n) is 14.7. The van der Waals surface area contributed by atoms with Crippen LogP contribution in [0.1, 0.15) is 18.4 Å². The normalized spacial score (nSPS) is 15.9. The molecule has 144 valence electrons. The Kier molecular flexibility index (Phi) is 4.88. The number of aromatic amines is 1. The largest absolute Gasteiger partial charge is 0.401 e.